The average Bonchev–Trinajstić information content (AvgIpc) is 2.45. The first-order chi connectivity index (χ1) is 9.52. The van der Waals surface area contributed by atoms with Gasteiger partial charge in [0.15, 0.2) is 0 Å². The Morgan fingerprint density at radius 2 is 1.85 bits per heavy atom. The molecule has 20 heavy (non-hydrogen) atoms. The molecule has 1 saturated heterocycles. The number of nitrogens with two attached hydrogens (primary N) is 1. The highest BCUT2D eigenvalue weighted by Gasteiger charge is 2.35. The standard InChI is InChI=1S/C14H19F3N2O/c15-14(16,17)12-3-1-2-4-13(12)19-8-5-11(6-9-19)20-10-7-18/h1-4,11H,5-10,18H2. The number of halogens is 3. The first-order valence-corrected chi connectivity index (χ1v) is 6.75. The van der Waals surface area contributed by atoms with Crippen molar-refractivity contribution in [3.8, 4) is 0 Å². The van der Waals surface area contributed by atoms with Gasteiger partial charge in [0, 0.05) is 25.3 Å². The van der Waals surface area contributed by atoms with E-state index in [0.717, 1.165) is 18.9 Å². The van der Waals surface area contributed by atoms with E-state index in [1.54, 1.807) is 11.0 Å². The first-order valence-electron chi connectivity index (χ1n) is 6.75. The first kappa shape index (κ1) is 15.1. The summed E-state index contributed by atoms with van der Waals surface area (Å²) in [6.07, 6.45) is -2.75. The van der Waals surface area contributed by atoms with E-state index in [-0.39, 0.29) is 11.8 Å². The van der Waals surface area contributed by atoms with Crippen LogP contribution >= 0.6 is 0 Å². The van der Waals surface area contributed by atoms with Crippen LogP contribution in [0.3, 0.4) is 0 Å². The van der Waals surface area contributed by atoms with Gasteiger partial charge in [0.25, 0.3) is 0 Å². The predicted molar refractivity (Wildman–Crippen MR) is 71.7 cm³/mol. The number of hydrogen-bond donors (Lipinski definition) is 1. The van der Waals surface area contributed by atoms with E-state index in [4.69, 9.17) is 10.5 Å². The van der Waals surface area contributed by atoms with Crippen LogP contribution in [-0.4, -0.2) is 32.3 Å². The highest BCUT2D eigenvalue weighted by Crippen LogP contribution is 2.37. The van der Waals surface area contributed by atoms with Crippen LogP contribution in [-0.2, 0) is 10.9 Å². The van der Waals surface area contributed by atoms with Crippen molar-refractivity contribution in [1.29, 1.82) is 0 Å². The van der Waals surface area contributed by atoms with Crippen molar-refractivity contribution >= 4 is 5.69 Å². The summed E-state index contributed by atoms with van der Waals surface area (Å²) in [7, 11) is 0. The van der Waals surface area contributed by atoms with Gasteiger partial charge >= 0.3 is 6.18 Å². The second-order valence-corrected chi connectivity index (χ2v) is 4.86. The minimum Gasteiger partial charge on any atom is -0.377 e. The fraction of sp³-hybridized carbons (Fsp3) is 0.571. The lowest BCUT2D eigenvalue weighted by Gasteiger charge is -2.34. The summed E-state index contributed by atoms with van der Waals surface area (Å²) in [6, 6.07) is 5.72. The number of hydrogen-bond acceptors (Lipinski definition) is 3. The lowest BCUT2D eigenvalue weighted by Crippen LogP contribution is -2.38. The molecule has 2 rings (SSSR count). The maximum Gasteiger partial charge on any atom is 0.418 e. The molecule has 3 nitrogen and oxygen atoms in total. The summed E-state index contributed by atoms with van der Waals surface area (Å²) in [4.78, 5) is 1.78. The van der Waals surface area contributed by atoms with E-state index in [1.807, 2.05) is 0 Å². The number of alkyl halides is 3. The molecular weight excluding hydrogens is 269 g/mol. The van der Waals surface area contributed by atoms with Gasteiger partial charge in [-0.2, -0.15) is 13.2 Å². The minimum atomic E-state index is -4.32. The second kappa shape index (κ2) is 6.45. The van der Waals surface area contributed by atoms with E-state index in [9.17, 15) is 13.2 Å². The summed E-state index contributed by atoms with van der Waals surface area (Å²) in [5, 5.41) is 0. The Morgan fingerprint density at radius 3 is 2.45 bits per heavy atom. The predicted octanol–water partition coefficient (Wildman–Crippen LogP) is 2.65. The van der Waals surface area contributed by atoms with Crippen LogP contribution in [0.4, 0.5) is 18.9 Å². The monoisotopic (exact) mass is 288 g/mol. The van der Waals surface area contributed by atoms with Gasteiger partial charge < -0.3 is 15.4 Å². The summed E-state index contributed by atoms with van der Waals surface area (Å²) < 4.78 is 44.5. The van der Waals surface area contributed by atoms with Gasteiger partial charge in [0.2, 0.25) is 0 Å². The number of piperidine rings is 1. The lowest BCUT2D eigenvalue weighted by molar-refractivity contribution is -0.137. The van der Waals surface area contributed by atoms with Crippen LogP contribution in [0, 0.1) is 0 Å². The quantitative estimate of drug-likeness (QED) is 0.925. The van der Waals surface area contributed by atoms with Crippen molar-refractivity contribution in [1.82, 2.24) is 0 Å². The lowest BCUT2D eigenvalue weighted by atomic mass is 10.0. The third-order valence-corrected chi connectivity index (χ3v) is 3.46. The molecule has 0 aliphatic carbocycles. The molecular formula is C14H19F3N2O. The summed E-state index contributed by atoms with van der Waals surface area (Å²) >= 11 is 0. The average molecular weight is 288 g/mol. The topological polar surface area (TPSA) is 38.5 Å². The molecule has 0 amide bonds. The van der Waals surface area contributed by atoms with E-state index in [0.29, 0.717) is 26.2 Å². The summed E-state index contributed by atoms with van der Waals surface area (Å²) in [5.74, 6) is 0. The number of rotatable bonds is 4. The van der Waals surface area contributed by atoms with Crippen molar-refractivity contribution in [2.45, 2.75) is 25.1 Å². The van der Waals surface area contributed by atoms with Crippen LogP contribution in [0.15, 0.2) is 24.3 Å². The van der Waals surface area contributed by atoms with E-state index < -0.39 is 11.7 Å². The Kier molecular flexibility index (Phi) is 4.88. The zero-order valence-corrected chi connectivity index (χ0v) is 11.2. The molecule has 0 radical (unpaired) electrons. The maximum atomic E-state index is 13.0. The van der Waals surface area contributed by atoms with Crippen molar-refractivity contribution < 1.29 is 17.9 Å². The molecule has 1 fully saturated rings. The largest absolute Gasteiger partial charge is 0.418 e. The van der Waals surface area contributed by atoms with E-state index in [2.05, 4.69) is 0 Å². The fourth-order valence-corrected chi connectivity index (χ4v) is 2.49. The molecule has 1 aliphatic rings. The van der Waals surface area contributed by atoms with Gasteiger partial charge in [-0.05, 0) is 25.0 Å². The van der Waals surface area contributed by atoms with E-state index >= 15 is 0 Å². The Hall–Kier alpha value is -1.27. The zero-order valence-electron chi connectivity index (χ0n) is 11.2. The number of anilines is 1. The SMILES string of the molecule is NCCOC1CCN(c2ccccc2C(F)(F)F)CC1. The molecule has 1 aromatic rings. The molecule has 0 bridgehead atoms. The summed E-state index contributed by atoms with van der Waals surface area (Å²) in [5.41, 5.74) is 5.06. The van der Waals surface area contributed by atoms with Crippen molar-refractivity contribution in [2.24, 2.45) is 5.73 Å². The Labute approximate surface area is 116 Å². The molecule has 0 spiro atoms. The molecule has 6 heteroatoms. The Morgan fingerprint density at radius 1 is 1.20 bits per heavy atom. The number of ether oxygens (including phenoxy) is 1. The number of benzene rings is 1. The molecule has 1 aliphatic heterocycles. The highest BCUT2D eigenvalue weighted by atomic mass is 19.4. The van der Waals surface area contributed by atoms with Crippen molar-refractivity contribution in [3.63, 3.8) is 0 Å². The van der Waals surface area contributed by atoms with Crippen LogP contribution in [0.1, 0.15) is 18.4 Å². The molecule has 0 saturated carbocycles. The molecule has 1 aromatic carbocycles. The Bertz CT molecular complexity index is 429. The smallest absolute Gasteiger partial charge is 0.377 e. The normalized spacial score (nSPS) is 17.5. The zero-order chi connectivity index (χ0) is 14.6. The minimum absolute atomic E-state index is 0.104. The molecule has 0 aromatic heterocycles. The summed E-state index contributed by atoms with van der Waals surface area (Å²) in [6.45, 7) is 2.12. The molecule has 0 unspecified atom stereocenters. The molecule has 1 heterocycles. The van der Waals surface area contributed by atoms with Gasteiger partial charge in [0.05, 0.1) is 18.3 Å². The van der Waals surface area contributed by atoms with Gasteiger partial charge in [-0.15, -0.1) is 0 Å². The van der Waals surface area contributed by atoms with E-state index in [1.165, 1.54) is 12.1 Å². The second-order valence-electron chi connectivity index (χ2n) is 4.86. The molecule has 112 valence electrons. The van der Waals surface area contributed by atoms with Crippen molar-refractivity contribution in [3.05, 3.63) is 29.8 Å². The third-order valence-electron chi connectivity index (χ3n) is 3.46. The van der Waals surface area contributed by atoms with Crippen LogP contribution in [0.2, 0.25) is 0 Å². The van der Waals surface area contributed by atoms with Gasteiger partial charge in [-0.1, -0.05) is 12.1 Å². The molecule has 2 N–H and O–H groups in total. The number of para-hydroxylation sites is 1. The highest BCUT2D eigenvalue weighted by molar-refractivity contribution is 5.55. The van der Waals surface area contributed by atoms with Gasteiger partial charge in [-0.25, -0.2) is 0 Å². The fourth-order valence-electron chi connectivity index (χ4n) is 2.49. The number of nitrogens with zero attached hydrogens (tertiary/aromatic N) is 1. The van der Waals surface area contributed by atoms with Gasteiger partial charge in [-0.3, -0.25) is 0 Å². The maximum absolute atomic E-state index is 13.0. The third kappa shape index (κ3) is 3.64. The van der Waals surface area contributed by atoms with Crippen LogP contribution < -0.4 is 10.6 Å². The van der Waals surface area contributed by atoms with Crippen LogP contribution in [0.25, 0.3) is 0 Å². The van der Waals surface area contributed by atoms with Crippen molar-refractivity contribution in [2.75, 3.05) is 31.1 Å². The molecule has 0 atom stereocenters. The van der Waals surface area contributed by atoms with Gasteiger partial charge in [0.1, 0.15) is 0 Å². The Balaban J connectivity index is 2.04. The van der Waals surface area contributed by atoms with Crippen LogP contribution in [0.5, 0.6) is 0 Å².